The van der Waals surface area contributed by atoms with Gasteiger partial charge in [0.2, 0.25) is 0 Å². The highest BCUT2D eigenvalue weighted by atomic mass is 16.5. The van der Waals surface area contributed by atoms with E-state index < -0.39 is 42.5 Å². The molecule has 5 atom stereocenters. The van der Waals surface area contributed by atoms with Gasteiger partial charge in [0.15, 0.2) is 0 Å². The normalized spacial score (nSPS) is 35.8. The van der Waals surface area contributed by atoms with Gasteiger partial charge in [0.05, 0.1) is 13.2 Å². The Balaban J connectivity index is 2.61. The minimum absolute atomic E-state index is 0.0305. The van der Waals surface area contributed by atoms with Gasteiger partial charge in [0, 0.05) is 12.5 Å². The number of rotatable bonds is 7. The second kappa shape index (κ2) is 7.30. The summed E-state index contributed by atoms with van der Waals surface area (Å²) < 4.78 is 5.11. The monoisotopic (exact) mass is 293 g/mol. The molecule has 1 fully saturated rings. The van der Waals surface area contributed by atoms with Gasteiger partial charge in [-0.1, -0.05) is 0 Å². The van der Waals surface area contributed by atoms with E-state index in [1.807, 2.05) is 0 Å². The van der Waals surface area contributed by atoms with Crippen molar-refractivity contribution in [1.82, 2.24) is 0 Å². The van der Waals surface area contributed by atoms with Gasteiger partial charge in [-0.25, -0.2) is 0 Å². The highest BCUT2D eigenvalue weighted by Gasteiger charge is 2.51. The minimum Gasteiger partial charge on any atom is -0.481 e. The van der Waals surface area contributed by atoms with E-state index >= 15 is 0 Å². The zero-order valence-corrected chi connectivity index (χ0v) is 11.2. The van der Waals surface area contributed by atoms with E-state index in [0.29, 0.717) is 12.8 Å². The van der Waals surface area contributed by atoms with Gasteiger partial charge >= 0.3 is 5.97 Å². The number of aliphatic carboxylic acids is 1. The Kier molecular flexibility index (Phi) is 6.31. The molecule has 0 spiro atoms. The molecule has 1 aliphatic rings. The van der Waals surface area contributed by atoms with E-state index in [-0.39, 0.29) is 19.4 Å². The van der Waals surface area contributed by atoms with Crippen molar-refractivity contribution in [2.45, 2.75) is 55.6 Å². The number of aliphatic hydroxyl groups is 4. The van der Waals surface area contributed by atoms with Crippen LogP contribution in [0.25, 0.3) is 0 Å². The van der Waals surface area contributed by atoms with Crippen molar-refractivity contribution in [3.63, 3.8) is 0 Å². The molecule has 118 valence electrons. The standard InChI is InChI=1S/C12H23NO7/c13-7(2-1-3-10(16)17)4-12(19)9(5-14)20-6-8(15)11(12)18/h7-9,11,14-15,18-19H,1-6,13H2,(H,16,17)/t7?,8-,9+,11+,12+/m0/s1. The lowest BCUT2D eigenvalue weighted by Gasteiger charge is -2.45. The summed E-state index contributed by atoms with van der Waals surface area (Å²) in [7, 11) is 0. The molecule has 7 N–H and O–H groups in total. The fourth-order valence-corrected chi connectivity index (χ4v) is 2.47. The molecule has 20 heavy (non-hydrogen) atoms. The van der Waals surface area contributed by atoms with Crippen molar-refractivity contribution in [2.24, 2.45) is 5.73 Å². The molecule has 1 aliphatic heterocycles. The molecule has 0 bridgehead atoms. The highest BCUT2D eigenvalue weighted by Crippen LogP contribution is 2.31. The Bertz CT molecular complexity index is 323. The molecule has 1 heterocycles. The SMILES string of the molecule is NC(CCCC(=O)O)C[C@]1(O)[C@H](O)[C@@H](O)CO[C@@H]1CO. The second-order valence-corrected chi connectivity index (χ2v) is 5.26. The molecule has 0 aromatic rings. The molecule has 0 amide bonds. The summed E-state index contributed by atoms with van der Waals surface area (Å²) in [5.74, 6) is -0.930. The molecule has 0 radical (unpaired) electrons. The smallest absolute Gasteiger partial charge is 0.303 e. The topological polar surface area (TPSA) is 153 Å². The number of carboxylic acid groups (broad SMARTS) is 1. The van der Waals surface area contributed by atoms with Gasteiger partial charge < -0.3 is 36.0 Å². The number of ether oxygens (including phenoxy) is 1. The first kappa shape index (κ1) is 17.3. The van der Waals surface area contributed by atoms with Crippen LogP contribution in [0.2, 0.25) is 0 Å². The van der Waals surface area contributed by atoms with Gasteiger partial charge in [0.25, 0.3) is 0 Å². The fourth-order valence-electron chi connectivity index (χ4n) is 2.47. The molecule has 0 saturated carbocycles. The number of nitrogens with two attached hydrogens (primary N) is 1. The van der Waals surface area contributed by atoms with Crippen LogP contribution in [0, 0.1) is 0 Å². The molecule has 8 nitrogen and oxygen atoms in total. The summed E-state index contributed by atoms with van der Waals surface area (Å²) in [5, 5.41) is 47.7. The van der Waals surface area contributed by atoms with Crippen LogP contribution >= 0.6 is 0 Å². The predicted octanol–water partition coefficient (Wildman–Crippen LogP) is -2.20. The summed E-state index contributed by atoms with van der Waals surface area (Å²) in [5.41, 5.74) is 3.97. The maximum Gasteiger partial charge on any atom is 0.303 e. The number of aliphatic hydroxyl groups excluding tert-OH is 3. The van der Waals surface area contributed by atoms with Gasteiger partial charge in [-0.3, -0.25) is 4.79 Å². The van der Waals surface area contributed by atoms with Crippen molar-refractivity contribution in [1.29, 1.82) is 0 Å². The maximum atomic E-state index is 10.5. The quantitative estimate of drug-likeness (QED) is 0.309. The Morgan fingerprint density at radius 3 is 2.65 bits per heavy atom. The molecule has 0 aliphatic carbocycles. The van der Waals surface area contributed by atoms with Gasteiger partial charge in [-0.15, -0.1) is 0 Å². The third kappa shape index (κ3) is 4.11. The predicted molar refractivity (Wildman–Crippen MR) is 67.9 cm³/mol. The Morgan fingerprint density at radius 1 is 1.45 bits per heavy atom. The van der Waals surface area contributed by atoms with Gasteiger partial charge in [-0.2, -0.15) is 0 Å². The summed E-state index contributed by atoms with van der Waals surface area (Å²) in [6.07, 6.45) is -3.21. The van der Waals surface area contributed by atoms with Crippen LogP contribution in [0.4, 0.5) is 0 Å². The van der Waals surface area contributed by atoms with Crippen LogP contribution in [0.5, 0.6) is 0 Å². The number of hydrogen-bond donors (Lipinski definition) is 6. The average Bonchev–Trinajstić information content (AvgIpc) is 2.36. The van der Waals surface area contributed by atoms with Crippen LogP contribution in [0.1, 0.15) is 25.7 Å². The lowest BCUT2D eigenvalue weighted by Crippen LogP contribution is -2.65. The average molecular weight is 293 g/mol. The molecule has 8 heteroatoms. The lowest BCUT2D eigenvalue weighted by atomic mass is 9.79. The van der Waals surface area contributed by atoms with Crippen molar-refractivity contribution < 1.29 is 35.1 Å². The number of carbonyl (C=O) groups is 1. The second-order valence-electron chi connectivity index (χ2n) is 5.26. The van der Waals surface area contributed by atoms with Crippen molar-refractivity contribution in [3.05, 3.63) is 0 Å². The molecular formula is C12H23NO7. The van der Waals surface area contributed by atoms with E-state index in [1.165, 1.54) is 0 Å². The van der Waals surface area contributed by atoms with Crippen molar-refractivity contribution in [3.8, 4) is 0 Å². The summed E-state index contributed by atoms with van der Waals surface area (Å²) >= 11 is 0. The van der Waals surface area contributed by atoms with Crippen LogP contribution in [0.15, 0.2) is 0 Å². The fraction of sp³-hybridized carbons (Fsp3) is 0.917. The van der Waals surface area contributed by atoms with Crippen molar-refractivity contribution in [2.75, 3.05) is 13.2 Å². The van der Waals surface area contributed by atoms with Gasteiger partial charge in [-0.05, 0) is 19.3 Å². The van der Waals surface area contributed by atoms with E-state index in [0.717, 1.165) is 0 Å². The first-order valence-electron chi connectivity index (χ1n) is 6.59. The minimum atomic E-state index is -1.85. The van der Waals surface area contributed by atoms with Crippen LogP contribution in [0.3, 0.4) is 0 Å². The molecule has 0 aromatic heterocycles. The highest BCUT2D eigenvalue weighted by molar-refractivity contribution is 5.66. The van der Waals surface area contributed by atoms with E-state index in [1.54, 1.807) is 0 Å². The third-order valence-electron chi connectivity index (χ3n) is 3.62. The van der Waals surface area contributed by atoms with E-state index in [2.05, 4.69) is 0 Å². The number of hydrogen-bond acceptors (Lipinski definition) is 7. The van der Waals surface area contributed by atoms with E-state index in [4.69, 9.17) is 15.6 Å². The van der Waals surface area contributed by atoms with Crippen LogP contribution in [-0.2, 0) is 9.53 Å². The Morgan fingerprint density at radius 2 is 2.10 bits per heavy atom. The van der Waals surface area contributed by atoms with Crippen LogP contribution in [-0.4, -0.2) is 74.7 Å². The molecule has 1 saturated heterocycles. The molecular weight excluding hydrogens is 270 g/mol. The maximum absolute atomic E-state index is 10.5. The van der Waals surface area contributed by atoms with E-state index in [9.17, 15) is 25.2 Å². The molecule has 1 unspecified atom stereocenters. The first-order valence-corrected chi connectivity index (χ1v) is 6.59. The molecule has 1 rings (SSSR count). The zero-order valence-electron chi connectivity index (χ0n) is 11.2. The molecule has 0 aromatic carbocycles. The lowest BCUT2D eigenvalue weighted by molar-refractivity contribution is -0.252. The van der Waals surface area contributed by atoms with Crippen LogP contribution < -0.4 is 5.73 Å². The summed E-state index contributed by atoms with van der Waals surface area (Å²) in [6.45, 7) is -0.689. The zero-order chi connectivity index (χ0) is 15.3. The van der Waals surface area contributed by atoms with Crippen molar-refractivity contribution >= 4 is 5.97 Å². The largest absolute Gasteiger partial charge is 0.481 e. The first-order chi connectivity index (χ1) is 9.31. The Labute approximate surface area is 116 Å². The Hall–Kier alpha value is -0.770. The van der Waals surface area contributed by atoms with Gasteiger partial charge in [0.1, 0.15) is 23.9 Å². The summed E-state index contributed by atoms with van der Waals surface area (Å²) in [4.78, 5) is 10.4. The third-order valence-corrected chi connectivity index (χ3v) is 3.62. The summed E-state index contributed by atoms with van der Waals surface area (Å²) in [6, 6.07) is -0.572. The number of carboxylic acids is 1.